The van der Waals surface area contributed by atoms with Gasteiger partial charge in [-0.3, -0.25) is 19.1 Å². The van der Waals surface area contributed by atoms with Crippen molar-refractivity contribution in [1.29, 1.82) is 0 Å². The van der Waals surface area contributed by atoms with Gasteiger partial charge in [0.05, 0.1) is 26.7 Å². The molecule has 4 aromatic rings. The molecule has 1 saturated heterocycles. The van der Waals surface area contributed by atoms with Crippen molar-refractivity contribution in [3.05, 3.63) is 53.2 Å². The zero-order chi connectivity index (χ0) is 23.1. The number of hydrogen-bond acceptors (Lipinski definition) is 6. The van der Waals surface area contributed by atoms with E-state index in [2.05, 4.69) is 4.98 Å². The topological polar surface area (TPSA) is 73.7 Å². The fourth-order valence-electron chi connectivity index (χ4n) is 4.37. The highest BCUT2D eigenvalue weighted by Crippen LogP contribution is 2.36. The normalized spacial score (nSPS) is 16.1. The molecule has 0 aliphatic carbocycles. The smallest absolute Gasteiger partial charge is 0.264 e. The summed E-state index contributed by atoms with van der Waals surface area (Å²) in [6.07, 6.45) is 3.09. The lowest BCUT2D eigenvalue weighted by Crippen LogP contribution is -2.29. The Morgan fingerprint density at radius 1 is 1.21 bits per heavy atom. The Morgan fingerprint density at radius 3 is 2.82 bits per heavy atom. The molecule has 0 radical (unpaired) electrons. The maximum Gasteiger partial charge on any atom is 0.264 e. The van der Waals surface area contributed by atoms with Crippen LogP contribution >= 0.6 is 11.3 Å². The summed E-state index contributed by atoms with van der Waals surface area (Å²) in [5, 5.41) is 0.945. The van der Waals surface area contributed by atoms with Gasteiger partial charge >= 0.3 is 0 Å². The van der Waals surface area contributed by atoms with Crippen LogP contribution in [-0.2, 0) is 4.74 Å². The minimum atomic E-state index is 0.00215. The summed E-state index contributed by atoms with van der Waals surface area (Å²) >= 11 is 1.40. The monoisotopic (exact) mass is 463 g/mol. The number of benzene rings is 1. The third kappa shape index (κ3) is 3.89. The highest BCUT2D eigenvalue weighted by atomic mass is 32.1. The molecule has 0 saturated carbocycles. The summed E-state index contributed by atoms with van der Waals surface area (Å²) in [5.74, 6) is 1.39. The van der Waals surface area contributed by atoms with E-state index in [1.165, 1.54) is 11.3 Å². The number of fused-ring (bicyclic) bond motifs is 2. The van der Waals surface area contributed by atoms with Crippen LogP contribution in [0.2, 0.25) is 0 Å². The van der Waals surface area contributed by atoms with Gasteiger partial charge in [-0.15, -0.1) is 11.3 Å². The Hall–Kier alpha value is -3.23. The number of thiophene rings is 1. The number of carbonyl (C=O) groups is 2. The zero-order valence-corrected chi connectivity index (χ0v) is 19.6. The summed E-state index contributed by atoms with van der Waals surface area (Å²) < 4.78 is 14.2. The number of amides is 1. The molecule has 0 bridgehead atoms. The minimum Gasteiger partial charge on any atom is -0.456 e. The van der Waals surface area contributed by atoms with Gasteiger partial charge in [0.25, 0.3) is 5.91 Å². The number of nitrogens with zero attached hydrogens (tertiary/aromatic N) is 3. The second-order valence-electron chi connectivity index (χ2n) is 8.22. The van der Waals surface area contributed by atoms with Gasteiger partial charge in [-0.05, 0) is 43.7 Å². The van der Waals surface area contributed by atoms with Crippen molar-refractivity contribution in [2.24, 2.45) is 0 Å². The van der Waals surface area contributed by atoms with Crippen LogP contribution in [-0.4, -0.2) is 52.6 Å². The van der Waals surface area contributed by atoms with Crippen LogP contribution in [0.15, 0.2) is 42.6 Å². The van der Waals surface area contributed by atoms with Gasteiger partial charge in [0.1, 0.15) is 11.5 Å². The van der Waals surface area contributed by atoms with Gasteiger partial charge in [-0.1, -0.05) is 6.92 Å². The van der Waals surface area contributed by atoms with Gasteiger partial charge in [0.15, 0.2) is 0 Å². The molecule has 1 aliphatic heterocycles. The number of aromatic nitrogens is 2. The summed E-state index contributed by atoms with van der Waals surface area (Å²) in [5.41, 5.74) is 2.51. The van der Waals surface area contributed by atoms with Crippen molar-refractivity contribution in [3.63, 3.8) is 0 Å². The molecular weight excluding hydrogens is 438 g/mol. The molecular formula is C25H25N3O4S. The molecule has 1 atom stereocenters. The van der Waals surface area contributed by atoms with Crippen molar-refractivity contribution in [2.75, 3.05) is 20.2 Å². The number of aryl methyl sites for hydroxylation is 1. The van der Waals surface area contributed by atoms with E-state index in [4.69, 9.17) is 9.47 Å². The van der Waals surface area contributed by atoms with E-state index in [9.17, 15) is 9.59 Å². The average molecular weight is 464 g/mol. The fraction of sp³-hybridized carbons (Fsp3) is 0.320. The summed E-state index contributed by atoms with van der Waals surface area (Å²) in [7, 11) is 1.68. The lowest BCUT2D eigenvalue weighted by molar-refractivity contribution is 0.0728. The van der Waals surface area contributed by atoms with Crippen LogP contribution in [0.5, 0.6) is 11.5 Å². The predicted molar refractivity (Wildman–Crippen MR) is 129 cm³/mol. The van der Waals surface area contributed by atoms with E-state index in [1.807, 2.05) is 55.1 Å². The maximum absolute atomic E-state index is 13.0. The van der Waals surface area contributed by atoms with Crippen LogP contribution in [0.3, 0.4) is 0 Å². The number of pyridine rings is 1. The molecule has 8 heteroatoms. The summed E-state index contributed by atoms with van der Waals surface area (Å²) in [6, 6.07) is 11.3. The van der Waals surface area contributed by atoms with Gasteiger partial charge in [-0.25, -0.2) is 0 Å². The molecule has 1 aromatic carbocycles. The van der Waals surface area contributed by atoms with E-state index in [0.29, 0.717) is 35.9 Å². The van der Waals surface area contributed by atoms with E-state index in [1.54, 1.807) is 17.9 Å². The largest absolute Gasteiger partial charge is 0.456 e. The zero-order valence-electron chi connectivity index (χ0n) is 18.8. The van der Waals surface area contributed by atoms with E-state index < -0.39 is 0 Å². The van der Waals surface area contributed by atoms with Crippen LogP contribution in [0.25, 0.3) is 21.1 Å². The molecule has 4 heterocycles. The lowest BCUT2D eigenvalue weighted by atomic mass is 10.2. The minimum absolute atomic E-state index is 0.00215. The van der Waals surface area contributed by atoms with Crippen LogP contribution in [0.1, 0.15) is 39.9 Å². The molecule has 1 fully saturated rings. The molecule has 0 unspecified atom stereocenters. The average Bonchev–Trinajstić information content (AvgIpc) is 3.54. The standard InChI is InChI=1S/C25H25N3O4S/c1-4-23(29)28-15(2)11-16-12-17(5-6-20(16)28)32-21-7-9-26-19-13-22(33-24(19)21)25(30)27-10-8-18(14-27)31-3/h5-7,9,11-13,18H,4,8,10,14H2,1-3H3/t18-/m0/s1. The first-order chi connectivity index (χ1) is 16.0. The van der Waals surface area contributed by atoms with E-state index >= 15 is 0 Å². The van der Waals surface area contributed by atoms with Gasteiger partial charge < -0.3 is 14.4 Å². The van der Waals surface area contributed by atoms with Crippen molar-refractivity contribution < 1.29 is 19.1 Å². The fourth-order valence-corrected chi connectivity index (χ4v) is 5.41. The Labute approximate surface area is 195 Å². The molecule has 5 rings (SSSR count). The van der Waals surface area contributed by atoms with Crippen molar-refractivity contribution in [3.8, 4) is 11.5 Å². The van der Waals surface area contributed by atoms with Gasteiger partial charge in [0.2, 0.25) is 5.91 Å². The molecule has 1 aliphatic rings. The second-order valence-corrected chi connectivity index (χ2v) is 9.27. The first kappa shape index (κ1) is 21.6. The lowest BCUT2D eigenvalue weighted by Gasteiger charge is -2.14. The maximum atomic E-state index is 13.0. The number of methoxy groups -OCH3 is 1. The van der Waals surface area contributed by atoms with Crippen LogP contribution in [0, 0.1) is 6.92 Å². The van der Waals surface area contributed by atoms with Crippen LogP contribution in [0.4, 0.5) is 0 Å². The Morgan fingerprint density at radius 2 is 2.06 bits per heavy atom. The Kier molecular flexibility index (Phi) is 5.64. The number of likely N-dealkylation sites (tertiary alicyclic amines) is 1. The number of hydrogen-bond donors (Lipinski definition) is 0. The number of rotatable bonds is 5. The van der Waals surface area contributed by atoms with Crippen molar-refractivity contribution in [1.82, 2.24) is 14.5 Å². The number of carbonyl (C=O) groups excluding carboxylic acids is 2. The SMILES string of the molecule is CCC(=O)n1c(C)cc2cc(Oc3ccnc4cc(C(=O)N5CC[C@H](OC)C5)sc34)ccc21. The van der Waals surface area contributed by atoms with Crippen molar-refractivity contribution >= 4 is 44.3 Å². The second kappa shape index (κ2) is 8.61. The molecule has 170 valence electrons. The number of ether oxygens (including phenoxy) is 2. The quantitative estimate of drug-likeness (QED) is 0.403. The summed E-state index contributed by atoms with van der Waals surface area (Å²) in [6.45, 7) is 5.10. The van der Waals surface area contributed by atoms with E-state index in [0.717, 1.165) is 33.2 Å². The predicted octanol–water partition coefficient (Wildman–Crippen LogP) is 5.26. The third-order valence-electron chi connectivity index (χ3n) is 6.09. The molecule has 3 aromatic heterocycles. The Balaban J connectivity index is 1.44. The van der Waals surface area contributed by atoms with Gasteiger partial charge in [0, 0.05) is 50.0 Å². The van der Waals surface area contributed by atoms with Crippen LogP contribution < -0.4 is 4.74 Å². The van der Waals surface area contributed by atoms with Crippen molar-refractivity contribution in [2.45, 2.75) is 32.8 Å². The third-order valence-corrected chi connectivity index (χ3v) is 7.22. The first-order valence-electron chi connectivity index (χ1n) is 11.0. The van der Waals surface area contributed by atoms with E-state index in [-0.39, 0.29) is 17.9 Å². The highest BCUT2D eigenvalue weighted by molar-refractivity contribution is 7.21. The molecule has 0 N–H and O–H groups in total. The molecule has 0 spiro atoms. The first-order valence-corrected chi connectivity index (χ1v) is 11.8. The molecule has 7 nitrogen and oxygen atoms in total. The molecule has 33 heavy (non-hydrogen) atoms. The Bertz CT molecular complexity index is 1370. The summed E-state index contributed by atoms with van der Waals surface area (Å²) in [4.78, 5) is 32.2. The van der Waals surface area contributed by atoms with Gasteiger partial charge in [-0.2, -0.15) is 0 Å². The molecule has 1 amide bonds. The highest BCUT2D eigenvalue weighted by Gasteiger charge is 2.28.